The van der Waals surface area contributed by atoms with Crippen LogP contribution in [0.5, 0.6) is 0 Å². The molecule has 2 aromatic carbocycles. The number of amides is 4. The maximum Gasteiger partial charge on any atom is 0.261 e. The summed E-state index contributed by atoms with van der Waals surface area (Å²) in [4.78, 5) is 59.8. The smallest absolute Gasteiger partial charge is 0.261 e. The van der Waals surface area contributed by atoms with Gasteiger partial charge in [0.05, 0.1) is 0 Å². The van der Waals surface area contributed by atoms with Crippen molar-refractivity contribution in [1.82, 2.24) is 9.80 Å². The molecule has 59 heavy (non-hydrogen) atoms. The minimum absolute atomic E-state index is 0.0442. The van der Waals surface area contributed by atoms with E-state index in [0.29, 0.717) is 47.2 Å². The topological polar surface area (TPSA) is 101 Å². The van der Waals surface area contributed by atoms with Crippen LogP contribution < -0.4 is 5.73 Å². The van der Waals surface area contributed by atoms with Gasteiger partial charge in [-0.1, -0.05) is 124 Å². The fourth-order valence-electron chi connectivity index (χ4n) is 9.58. The SMILES string of the molecule is CC.Cc1ccc2c3c1C(C(=O)N(C=O)C(C(C)C)C(C)C)=CCC=C3CC1C=C2C=CC2=C1/C(=C\C(C)C#Cc1ccc(N)cc1)C(=O)N(C(C(C)C)C(C)C)C2=O. The third kappa shape index (κ3) is 8.79. The molecule has 1 aliphatic heterocycles. The van der Waals surface area contributed by atoms with E-state index < -0.39 is 0 Å². The van der Waals surface area contributed by atoms with Crippen LogP contribution in [0, 0.1) is 54.3 Å². The summed E-state index contributed by atoms with van der Waals surface area (Å²) in [6.45, 7) is 24.4. The molecular weight excluding hydrogens is 731 g/mol. The van der Waals surface area contributed by atoms with Crippen molar-refractivity contribution < 1.29 is 19.2 Å². The monoisotopic (exact) mass is 793 g/mol. The van der Waals surface area contributed by atoms with Crippen LogP contribution in [-0.2, 0) is 19.2 Å². The molecule has 2 bridgehead atoms. The van der Waals surface area contributed by atoms with Crippen molar-refractivity contribution in [2.24, 2.45) is 35.5 Å². The lowest BCUT2D eigenvalue weighted by molar-refractivity contribution is -0.146. The molecule has 2 N–H and O–H groups in total. The van der Waals surface area contributed by atoms with Crippen LogP contribution >= 0.6 is 0 Å². The first-order valence-corrected chi connectivity index (χ1v) is 21.5. The quantitative estimate of drug-likeness (QED) is 0.0896. The first-order chi connectivity index (χ1) is 28.0. The van der Waals surface area contributed by atoms with Crippen LogP contribution in [0.25, 0.3) is 16.7 Å². The summed E-state index contributed by atoms with van der Waals surface area (Å²) in [5.41, 5.74) is 15.3. The van der Waals surface area contributed by atoms with Gasteiger partial charge < -0.3 is 5.73 Å². The third-order valence-corrected chi connectivity index (χ3v) is 11.8. The Morgan fingerprint density at radius 1 is 0.847 bits per heavy atom. The lowest BCUT2D eigenvalue weighted by Crippen LogP contribution is -2.53. The molecule has 7 heteroatoms. The van der Waals surface area contributed by atoms with Crippen molar-refractivity contribution in [3.05, 3.63) is 117 Å². The van der Waals surface area contributed by atoms with Gasteiger partial charge in [0.2, 0.25) is 6.41 Å². The second-order valence-corrected chi connectivity index (χ2v) is 17.4. The molecule has 2 aromatic rings. The number of aryl methyl sites for hydroxylation is 1. The molecule has 0 spiro atoms. The Bertz CT molecular complexity index is 2230. The summed E-state index contributed by atoms with van der Waals surface area (Å²) in [7, 11) is 0. The summed E-state index contributed by atoms with van der Waals surface area (Å²) < 4.78 is 0. The molecule has 4 aliphatic rings. The Hall–Kier alpha value is -5.48. The van der Waals surface area contributed by atoms with Crippen molar-refractivity contribution >= 4 is 46.5 Å². The average Bonchev–Trinajstić information content (AvgIpc) is 3.57. The molecule has 0 aromatic heterocycles. The molecule has 2 atom stereocenters. The van der Waals surface area contributed by atoms with E-state index in [0.717, 1.165) is 39.0 Å². The Morgan fingerprint density at radius 2 is 1.49 bits per heavy atom. The largest absolute Gasteiger partial charge is 0.399 e. The fourth-order valence-corrected chi connectivity index (χ4v) is 9.58. The van der Waals surface area contributed by atoms with Crippen molar-refractivity contribution in [2.45, 2.75) is 108 Å². The minimum atomic E-state index is -0.318. The van der Waals surface area contributed by atoms with Gasteiger partial charge in [0.1, 0.15) is 0 Å². The van der Waals surface area contributed by atoms with Gasteiger partial charge in [-0.05, 0) is 120 Å². The molecule has 0 saturated heterocycles. The van der Waals surface area contributed by atoms with Crippen LogP contribution in [0.15, 0.2) is 89.6 Å². The number of hydrogen-bond acceptors (Lipinski definition) is 5. The van der Waals surface area contributed by atoms with E-state index in [2.05, 4.69) is 57.8 Å². The lowest BCUT2D eigenvalue weighted by atomic mass is 9.78. The highest BCUT2D eigenvalue weighted by molar-refractivity contribution is 6.24. The van der Waals surface area contributed by atoms with Gasteiger partial charge in [-0.15, -0.1) is 0 Å². The van der Waals surface area contributed by atoms with Crippen LogP contribution in [0.2, 0.25) is 0 Å². The van der Waals surface area contributed by atoms with Crippen molar-refractivity contribution in [3.63, 3.8) is 0 Å². The molecule has 7 nitrogen and oxygen atoms in total. The van der Waals surface area contributed by atoms with Crippen LogP contribution in [0.1, 0.15) is 117 Å². The maximum absolute atomic E-state index is 14.9. The van der Waals surface area contributed by atoms with Gasteiger partial charge in [0.25, 0.3) is 17.7 Å². The zero-order chi connectivity index (χ0) is 43.5. The van der Waals surface area contributed by atoms with E-state index in [4.69, 9.17) is 5.73 Å². The Kier molecular flexibility index (Phi) is 14.1. The number of hydrogen-bond donors (Lipinski definition) is 1. The number of nitrogens with two attached hydrogens (primary N) is 1. The summed E-state index contributed by atoms with van der Waals surface area (Å²) in [5, 5.41) is 0. The van der Waals surface area contributed by atoms with Crippen molar-refractivity contribution in [3.8, 4) is 11.8 Å². The molecule has 4 amide bonds. The zero-order valence-corrected chi connectivity index (χ0v) is 37.1. The third-order valence-electron chi connectivity index (χ3n) is 11.8. The van der Waals surface area contributed by atoms with E-state index in [9.17, 15) is 19.2 Å². The normalized spacial score (nSPS) is 18.3. The van der Waals surface area contributed by atoms with Crippen molar-refractivity contribution in [1.29, 1.82) is 0 Å². The molecule has 2 unspecified atom stereocenters. The molecule has 0 fully saturated rings. The predicted octanol–water partition coefficient (Wildman–Crippen LogP) is 10.4. The number of carbonyl (C=O) groups is 4. The number of nitrogens with zero attached hydrogens (tertiary/aromatic N) is 2. The van der Waals surface area contributed by atoms with E-state index in [-0.39, 0.29) is 65.3 Å². The molecule has 310 valence electrons. The number of carbonyl (C=O) groups excluding carboxylic acids is 4. The van der Waals surface area contributed by atoms with Gasteiger partial charge >= 0.3 is 0 Å². The summed E-state index contributed by atoms with van der Waals surface area (Å²) in [5.74, 6) is 5.32. The lowest BCUT2D eigenvalue weighted by Gasteiger charge is -2.40. The number of benzene rings is 2. The predicted molar refractivity (Wildman–Crippen MR) is 242 cm³/mol. The Morgan fingerprint density at radius 3 is 2.08 bits per heavy atom. The zero-order valence-electron chi connectivity index (χ0n) is 37.1. The number of nitrogen functional groups attached to an aromatic ring is 1. The standard InChI is InChI=1S/C50H57N3O4.C2H6/c1-28(2)46(29(3)4)52(27-54)48(55)40-13-11-12-36-26-37-25-35(39-22-15-33(10)43(40)45(36)39)19-23-41-44(37)42(24-32(9)14-16-34-17-20-38(51)21-18-34)50(57)53(49(41)56)47(30(5)6)31(7)8;1-2/h12-13,15,17-25,27-32,37,46-47H,11,26,51H2,1-10H3;1-2H3/b42-24+;. The van der Waals surface area contributed by atoms with Crippen LogP contribution in [0.4, 0.5) is 5.69 Å². The van der Waals surface area contributed by atoms with Crippen LogP contribution in [-0.4, -0.2) is 46.0 Å². The number of fused-ring (bicyclic) bond motifs is 3. The molecule has 0 saturated carbocycles. The number of imide groups is 2. The molecule has 6 rings (SSSR count). The van der Waals surface area contributed by atoms with Crippen molar-refractivity contribution in [2.75, 3.05) is 5.73 Å². The van der Waals surface area contributed by atoms with E-state index in [1.807, 2.05) is 110 Å². The second kappa shape index (κ2) is 18.6. The Balaban J connectivity index is 0.00000326. The Labute approximate surface area is 352 Å². The van der Waals surface area contributed by atoms with Gasteiger partial charge in [0, 0.05) is 51.9 Å². The number of anilines is 1. The van der Waals surface area contributed by atoms with Gasteiger partial charge in [-0.25, -0.2) is 0 Å². The van der Waals surface area contributed by atoms with E-state index in [1.54, 1.807) is 0 Å². The van der Waals surface area contributed by atoms with Gasteiger partial charge in [-0.2, -0.15) is 0 Å². The molecule has 1 heterocycles. The summed E-state index contributed by atoms with van der Waals surface area (Å²) in [6, 6.07) is 11.0. The fraction of sp³-hybridized carbons (Fsp3) is 0.423. The van der Waals surface area contributed by atoms with Gasteiger partial charge in [-0.3, -0.25) is 29.0 Å². The summed E-state index contributed by atoms with van der Waals surface area (Å²) >= 11 is 0. The number of allylic oxidation sites excluding steroid dienone is 7. The van der Waals surface area contributed by atoms with Gasteiger partial charge in [0.15, 0.2) is 0 Å². The number of rotatable bonds is 9. The summed E-state index contributed by atoms with van der Waals surface area (Å²) in [6.07, 6.45) is 13.8. The molecule has 0 radical (unpaired) electrons. The highest BCUT2D eigenvalue weighted by atomic mass is 16.2. The highest BCUT2D eigenvalue weighted by Crippen LogP contribution is 2.49. The molecule has 3 aliphatic carbocycles. The molecular formula is C52H63N3O4. The maximum atomic E-state index is 14.9. The van der Waals surface area contributed by atoms with E-state index >= 15 is 0 Å². The minimum Gasteiger partial charge on any atom is -0.399 e. The average molecular weight is 794 g/mol. The second-order valence-electron chi connectivity index (χ2n) is 17.4. The van der Waals surface area contributed by atoms with Crippen LogP contribution in [0.3, 0.4) is 0 Å². The first-order valence-electron chi connectivity index (χ1n) is 21.5. The highest BCUT2D eigenvalue weighted by Gasteiger charge is 2.45. The first kappa shape index (κ1) is 44.6. The van der Waals surface area contributed by atoms with E-state index in [1.165, 1.54) is 9.80 Å².